The highest BCUT2D eigenvalue weighted by molar-refractivity contribution is 5.95. The molecule has 6 nitrogen and oxygen atoms in total. The zero-order valence-electron chi connectivity index (χ0n) is 13.6. The smallest absolute Gasteiger partial charge is 0.257 e. The van der Waals surface area contributed by atoms with E-state index in [1.807, 2.05) is 25.8 Å². The lowest BCUT2D eigenvalue weighted by atomic mass is 9.58. The first-order valence-corrected chi connectivity index (χ1v) is 8.07. The number of rotatable bonds is 3. The summed E-state index contributed by atoms with van der Waals surface area (Å²) >= 11 is 0. The summed E-state index contributed by atoms with van der Waals surface area (Å²) in [6.07, 6.45) is 3.98. The molecule has 122 valence electrons. The van der Waals surface area contributed by atoms with E-state index in [2.05, 4.69) is 5.10 Å². The van der Waals surface area contributed by atoms with Gasteiger partial charge < -0.3 is 14.7 Å². The first kappa shape index (κ1) is 15.5. The third-order valence-corrected chi connectivity index (χ3v) is 5.34. The molecule has 0 unspecified atom stereocenters. The van der Waals surface area contributed by atoms with Crippen molar-refractivity contribution in [2.45, 2.75) is 45.3 Å². The van der Waals surface area contributed by atoms with Gasteiger partial charge in [-0.3, -0.25) is 9.48 Å². The predicted octanol–water partition coefficient (Wildman–Crippen LogP) is 1.12. The molecule has 1 aromatic heterocycles. The number of aliphatic hydroxyl groups is 1. The van der Waals surface area contributed by atoms with Gasteiger partial charge in [-0.15, -0.1) is 0 Å². The lowest BCUT2D eigenvalue weighted by Gasteiger charge is -2.56. The molecular formula is C16H25N3O3. The van der Waals surface area contributed by atoms with Crippen molar-refractivity contribution in [2.75, 3.05) is 19.7 Å². The Morgan fingerprint density at radius 1 is 1.50 bits per heavy atom. The van der Waals surface area contributed by atoms with Gasteiger partial charge in [0, 0.05) is 44.8 Å². The summed E-state index contributed by atoms with van der Waals surface area (Å²) < 4.78 is 7.44. The summed E-state index contributed by atoms with van der Waals surface area (Å²) in [5.74, 6) is 0.0437. The molecule has 6 heteroatoms. The van der Waals surface area contributed by atoms with E-state index < -0.39 is 0 Å². The van der Waals surface area contributed by atoms with Gasteiger partial charge >= 0.3 is 0 Å². The quantitative estimate of drug-likeness (QED) is 0.909. The van der Waals surface area contributed by atoms with Crippen molar-refractivity contribution in [1.82, 2.24) is 14.7 Å². The molecule has 1 saturated heterocycles. The molecule has 1 aliphatic carbocycles. The van der Waals surface area contributed by atoms with Crippen molar-refractivity contribution in [2.24, 2.45) is 12.5 Å². The average molecular weight is 307 g/mol. The number of nitrogens with zero attached hydrogens (tertiary/aromatic N) is 3. The van der Waals surface area contributed by atoms with Gasteiger partial charge in [0.05, 0.1) is 23.5 Å². The van der Waals surface area contributed by atoms with Crippen LogP contribution in [0.5, 0.6) is 0 Å². The number of hydrogen-bond donors (Lipinski definition) is 1. The molecule has 1 spiro atoms. The maximum atomic E-state index is 12.6. The fraction of sp³-hybridized carbons (Fsp3) is 0.750. The Bertz CT molecular complexity index is 559. The number of piperidine rings is 1. The van der Waals surface area contributed by atoms with Gasteiger partial charge in [0.25, 0.3) is 5.91 Å². The number of aryl methyl sites for hydroxylation is 2. The minimum Gasteiger partial charge on any atom is -0.392 e. The molecule has 0 bridgehead atoms. The van der Waals surface area contributed by atoms with E-state index in [9.17, 15) is 9.90 Å². The number of ether oxygens (including phenoxy) is 1. The monoisotopic (exact) mass is 307 g/mol. The third-order valence-electron chi connectivity index (χ3n) is 5.34. The summed E-state index contributed by atoms with van der Waals surface area (Å²) in [6, 6.07) is 0. The molecule has 3 rings (SSSR count). The van der Waals surface area contributed by atoms with E-state index in [-0.39, 0.29) is 23.5 Å². The number of amides is 1. The van der Waals surface area contributed by atoms with E-state index in [4.69, 9.17) is 4.74 Å². The van der Waals surface area contributed by atoms with Crippen LogP contribution < -0.4 is 0 Å². The molecule has 0 aromatic carbocycles. The van der Waals surface area contributed by atoms with Crippen molar-refractivity contribution in [1.29, 1.82) is 0 Å². The number of aliphatic hydroxyl groups excluding tert-OH is 1. The van der Waals surface area contributed by atoms with Crippen LogP contribution >= 0.6 is 0 Å². The van der Waals surface area contributed by atoms with Crippen molar-refractivity contribution in [3.8, 4) is 0 Å². The molecule has 1 aromatic rings. The Kier molecular flexibility index (Phi) is 3.99. The van der Waals surface area contributed by atoms with Gasteiger partial charge in [0.1, 0.15) is 0 Å². The number of likely N-dealkylation sites (tertiary alicyclic amines) is 1. The standard InChI is InChI=1S/C16H25N3O3/c1-4-22-14-9-13(20)16(14)5-7-19(8-6-16)15(21)12-10-18(3)17-11(12)2/h10,13-14,20H,4-9H2,1-3H3/t13-,14-/m0/s1. The molecule has 2 fully saturated rings. The predicted molar refractivity (Wildman–Crippen MR) is 81.6 cm³/mol. The summed E-state index contributed by atoms with van der Waals surface area (Å²) in [5.41, 5.74) is 1.30. The molecule has 22 heavy (non-hydrogen) atoms. The Morgan fingerprint density at radius 2 is 2.18 bits per heavy atom. The first-order chi connectivity index (χ1) is 10.5. The fourth-order valence-corrected chi connectivity index (χ4v) is 3.92. The van der Waals surface area contributed by atoms with E-state index in [0.717, 1.165) is 25.0 Å². The maximum Gasteiger partial charge on any atom is 0.257 e. The maximum absolute atomic E-state index is 12.6. The zero-order valence-corrected chi connectivity index (χ0v) is 13.6. The van der Waals surface area contributed by atoms with E-state index in [1.54, 1.807) is 10.9 Å². The van der Waals surface area contributed by atoms with Gasteiger partial charge in [-0.25, -0.2) is 0 Å². The number of hydrogen-bond acceptors (Lipinski definition) is 4. The third kappa shape index (κ3) is 2.34. The zero-order chi connectivity index (χ0) is 15.9. The molecular weight excluding hydrogens is 282 g/mol. The van der Waals surface area contributed by atoms with Gasteiger partial charge in [0.15, 0.2) is 0 Å². The van der Waals surface area contributed by atoms with Crippen LogP contribution in [0.25, 0.3) is 0 Å². The highest BCUT2D eigenvalue weighted by atomic mass is 16.5. The topological polar surface area (TPSA) is 67.6 Å². The van der Waals surface area contributed by atoms with Crippen LogP contribution in [0.4, 0.5) is 0 Å². The highest BCUT2D eigenvalue weighted by Gasteiger charge is 2.56. The largest absolute Gasteiger partial charge is 0.392 e. The minimum atomic E-state index is -0.290. The molecule has 2 aliphatic rings. The van der Waals surface area contributed by atoms with Gasteiger partial charge in [-0.05, 0) is 26.7 Å². The van der Waals surface area contributed by atoms with Crippen molar-refractivity contribution in [3.63, 3.8) is 0 Å². The van der Waals surface area contributed by atoms with Crippen LogP contribution in [0.15, 0.2) is 6.20 Å². The van der Waals surface area contributed by atoms with Gasteiger partial charge in [-0.1, -0.05) is 0 Å². The molecule has 2 heterocycles. The summed E-state index contributed by atoms with van der Waals surface area (Å²) in [7, 11) is 1.83. The van der Waals surface area contributed by atoms with Gasteiger partial charge in [0.2, 0.25) is 0 Å². The van der Waals surface area contributed by atoms with Crippen LogP contribution in [0, 0.1) is 12.3 Å². The van der Waals surface area contributed by atoms with E-state index in [1.165, 1.54) is 0 Å². The summed E-state index contributed by atoms with van der Waals surface area (Å²) in [6.45, 7) is 5.87. The van der Waals surface area contributed by atoms with E-state index >= 15 is 0 Å². The van der Waals surface area contributed by atoms with Crippen molar-refractivity contribution >= 4 is 5.91 Å². The normalized spacial score (nSPS) is 27.0. The van der Waals surface area contributed by atoms with Crippen LogP contribution in [0.1, 0.15) is 42.2 Å². The summed E-state index contributed by atoms with van der Waals surface area (Å²) in [5, 5.41) is 14.5. The van der Waals surface area contributed by atoms with Crippen LogP contribution in [0.3, 0.4) is 0 Å². The Balaban J connectivity index is 1.67. The second kappa shape index (κ2) is 5.66. The Morgan fingerprint density at radius 3 is 2.68 bits per heavy atom. The lowest BCUT2D eigenvalue weighted by molar-refractivity contribution is -0.207. The molecule has 1 amide bonds. The fourth-order valence-electron chi connectivity index (χ4n) is 3.92. The minimum absolute atomic E-state index is 0.0437. The lowest BCUT2D eigenvalue weighted by Crippen LogP contribution is -2.62. The van der Waals surface area contributed by atoms with Crippen LogP contribution in [-0.4, -0.2) is 57.6 Å². The average Bonchev–Trinajstić information content (AvgIpc) is 2.85. The van der Waals surface area contributed by atoms with Crippen molar-refractivity contribution in [3.05, 3.63) is 17.5 Å². The summed E-state index contributed by atoms with van der Waals surface area (Å²) in [4.78, 5) is 14.5. The Hall–Kier alpha value is -1.40. The number of carbonyl (C=O) groups is 1. The van der Waals surface area contributed by atoms with Crippen LogP contribution in [-0.2, 0) is 11.8 Å². The second-order valence-corrected chi connectivity index (χ2v) is 6.52. The van der Waals surface area contributed by atoms with Gasteiger partial charge in [-0.2, -0.15) is 5.10 Å². The number of aromatic nitrogens is 2. The second-order valence-electron chi connectivity index (χ2n) is 6.52. The highest BCUT2D eigenvalue weighted by Crippen LogP contribution is 2.51. The SMILES string of the molecule is CCO[C@H]1C[C@H](O)C12CCN(C(=O)c1cn(C)nc1C)CC2. The van der Waals surface area contributed by atoms with Crippen LogP contribution in [0.2, 0.25) is 0 Å². The van der Waals surface area contributed by atoms with Crippen molar-refractivity contribution < 1.29 is 14.6 Å². The molecule has 1 aliphatic heterocycles. The molecule has 0 radical (unpaired) electrons. The molecule has 2 atom stereocenters. The molecule has 1 saturated carbocycles. The first-order valence-electron chi connectivity index (χ1n) is 8.07. The number of carbonyl (C=O) groups excluding carboxylic acids is 1. The molecule has 1 N–H and O–H groups in total. The Labute approximate surface area is 131 Å². The van der Waals surface area contributed by atoms with E-state index in [0.29, 0.717) is 25.3 Å².